The molecule has 0 atom stereocenters. The Morgan fingerprint density at radius 2 is 1.92 bits per heavy atom. The summed E-state index contributed by atoms with van der Waals surface area (Å²) in [4.78, 5) is 16.2. The van der Waals surface area contributed by atoms with Crippen molar-refractivity contribution in [3.05, 3.63) is 23.2 Å². The number of sulfonamides is 1. The molecule has 1 heterocycles. The van der Waals surface area contributed by atoms with Crippen molar-refractivity contribution in [1.29, 1.82) is 0 Å². The lowest BCUT2D eigenvalue weighted by Gasteiger charge is -2.33. The van der Waals surface area contributed by atoms with Gasteiger partial charge in [0.1, 0.15) is 10.6 Å². The summed E-state index contributed by atoms with van der Waals surface area (Å²) in [5, 5.41) is 0.292. The standard InChI is InChI=1S/C16H24ClN3O4S/c1-4-24-14-6-5-13(17)11-15(14)25(22,23)19(3)12-16(21)20-9-7-18(2)8-10-20/h5-6,11H,4,7-10,12H2,1-3H3. The Labute approximate surface area is 154 Å². The second-order valence-electron chi connectivity index (χ2n) is 5.97. The SMILES string of the molecule is CCOc1ccc(Cl)cc1S(=O)(=O)N(C)CC(=O)N1CCN(C)CC1. The molecule has 0 bridgehead atoms. The quantitative estimate of drug-likeness (QED) is 0.729. The third-order valence-electron chi connectivity index (χ3n) is 4.11. The average Bonchev–Trinajstić information content (AvgIpc) is 2.57. The zero-order valence-electron chi connectivity index (χ0n) is 14.7. The van der Waals surface area contributed by atoms with Gasteiger partial charge in [-0.3, -0.25) is 4.79 Å². The Hall–Kier alpha value is -1.35. The molecule has 1 saturated heterocycles. The first-order chi connectivity index (χ1) is 11.8. The van der Waals surface area contributed by atoms with Crippen LogP contribution in [0.2, 0.25) is 5.02 Å². The first-order valence-electron chi connectivity index (χ1n) is 8.10. The number of carbonyl (C=O) groups is 1. The summed E-state index contributed by atoms with van der Waals surface area (Å²) >= 11 is 5.95. The topological polar surface area (TPSA) is 70.2 Å². The molecule has 140 valence electrons. The molecule has 1 aliphatic heterocycles. The van der Waals surface area contributed by atoms with Crippen molar-refractivity contribution in [2.24, 2.45) is 0 Å². The molecule has 7 nitrogen and oxygen atoms in total. The second-order valence-corrected chi connectivity index (χ2v) is 8.42. The minimum absolute atomic E-state index is 0.0319. The predicted octanol–water partition coefficient (Wildman–Crippen LogP) is 1.13. The summed E-state index contributed by atoms with van der Waals surface area (Å²) in [6.07, 6.45) is 0. The highest BCUT2D eigenvalue weighted by Gasteiger charge is 2.29. The molecule has 1 fully saturated rings. The van der Waals surface area contributed by atoms with Crippen LogP contribution in [0.4, 0.5) is 0 Å². The maximum atomic E-state index is 12.9. The van der Waals surface area contributed by atoms with Crippen LogP contribution in [0.15, 0.2) is 23.1 Å². The van der Waals surface area contributed by atoms with Crippen molar-refractivity contribution in [3.63, 3.8) is 0 Å². The number of benzene rings is 1. The minimum atomic E-state index is -3.89. The predicted molar refractivity (Wildman–Crippen MR) is 96.5 cm³/mol. The van der Waals surface area contributed by atoms with Gasteiger partial charge in [0.05, 0.1) is 13.2 Å². The summed E-state index contributed by atoms with van der Waals surface area (Å²) in [5.41, 5.74) is 0. The molecule has 25 heavy (non-hydrogen) atoms. The molecule has 9 heteroatoms. The number of piperazine rings is 1. The van der Waals surface area contributed by atoms with Crippen LogP contribution in [-0.2, 0) is 14.8 Å². The van der Waals surface area contributed by atoms with Gasteiger partial charge in [0, 0.05) is 38.2 Å². The Bertz CT molecular complexity index is 718. The molecule has 1 aliphatic rings. The molecule has 0 aliphatic carbocycles. The minimum Gasteiger partial charge on any atom is -0.492 e. The van der Waals surface area contributed by atoms with Gasteiger partial charge in [-0.25, -0.2) is 8.42 Å². The van der Waals surface area contributed by atoms with E-state index < -0.39 is 10.0 Å². The fraction of sp³-hybridized carbons (Fsp3) is 0.562. The van der Waals surface area contributed by atoms with E-state index in [-0.39, 0.29) is 23.1 Å². The molecule has 0 unspecified atom stereocenters. The number of hydrogen-bond acceptors (Lipinski definition) is 5. The molecule has 1 aromatic carbocycles. The largest absolute Gasteiger partial charge is 0.492 e. The van der Waals surface area contributed by atoms with Crippen LogP contribution in [0.5, 0.6) is 5.75 Å². The summed E-state index contributed by atoms with van der Waals surface area (Å²) in [7, 11) is -0.511. The molecule has 0 aromatic heterocycles. The molecule has 1 aromatic rings. The molecular formula is C16H24ClN3O4S. The smallest absolute Gasteiger partial charge is 0.247 e. The van der Waals surface area contributed by atoms with Crippen LogP contribution < -0.4 is 4.74 Å². The van der Waals surface area contributed by atoms with Crippen molar-refractivity contribution >= 4 is 27.5 Å². The molecule has 0 radical (unpaired) electrons. The third kappa shape index (κ3) is 4.84. The van der Waals surface area contributed by atoms with Gasteiger partial charge in [0.2, 0.25) is 15.9 Å². The highest BCUT2D eigenvalue weighted by atomic mass is 35.5. The number of carbonyl (C=O) groups excluding carboxylic acids is 1. The molecular weight excluding hydrogens is 366 g/mol. The van der Waals surface area contributed by atoms with Crippen LogP contribution >= 0.6 is 11.6 Å². The Balaban J connectivity index is 2.16. The van der Waals surface area contributed by atoms with Crippen molar-refractivity contribution < 1.29 is 17.9 Å². The summed E-state index contributed by atoms with van der Waals surface area (Å²) in [6, 6.07) is 4.44. The average molecular weight is 390 g/mol. The van der Waals surface area contributed by atoms with Gasteiger partial charge in [0.25, 0.3) is 0 Å². The van der Waals surface area contributed by atoms with Crippen molar-refractivity contribution in [2.75, 3.05) is 53.4 Å². The Morgan fingerprint density at radius 1 is 1.28 bits per heavy atom. The monoisotopic (exact) mass is 389 g/mol. The maximum Gasteiger partial charge on any atom is 0.247 e. The van der Waals surface area contributed by atoms with Gasteiger partial charge >= 0.3 is 0 Å². The number of ether oxygens (including phenoxy) is 1. The molecule has 0 N–H and O–H groups in total. The summed E-state index contributed by atoms with van der Waals surface area (Å²) in [6.45, 7) is 4.65. The Morgan fingerprint density at radius 3 is 2.52 bits per heavy atom. The van der Waals surface area contributed by atoms with E-state index in [4.69, 9.17) is 16.3 Å². The first-order valence-corrected chi connectivity index (χ1v) is 9.92. The van der Waals surface area contributed by atoms with E-state index in [1.54, 1.807) is 17.9 Å². The molecule has 0 saturated carbocycles. The lowest BCUT2D eigenvalue weighted by atomic mass is 10.3. The zero-order chi connectivity index (χ0) is 18.6. The van der Waals surface area contributed by atoms with Gasteiger partial charge in [-0.2, -0.15) is 4.31 Å². The van der Waals surface area contributed by atoms with Gasteiger partial charge in [-0.05, 0) is 32.2 Å². The van der Waals surface area contributed by atoms with E-state index in [2.05, 4.69) is 4.90 Å². The lowest BCUT2D eigenvalue weighted by Crippen LogP contribution is -2.50. The van der Waals surface area contributed by atoms with E-state index in [0.717, 1.165) is 17.4 Å². The van der Waals surface area contributed by atoms with Crippen molar-refractivity contribution in [1.82, 2.24) is 14.1 Å². The van der Waals surface area contributed by atoms with Crippen LogP contribution in [-0.4, -0.2) is 81.9 Å². The maximum absolute atomic E-state index is 12.9. The molecule has 1 amide bonds. The summed E-state index contributed by atoms with van der Waals surface area (Å²) in [5.74, 6) is 0.0185. The highest BCUT2D eigenvalue weighted by molar-refractivity contribution is 7.89. The van der Waals surface area contributed by atoms with Crippen molar-refractivity contribution in [2.45, 2.75) is 11.8 Å². The third-order valence-corrected chi connectivity index (χ3v) is 6.17. The van der Waals surface area contributed by atoms with Crippen LogP contribution in [0.3, 0.4) is 0 Å². The number of amides is 1. The zero-order valence-corrected chi connectivity index (χ0v) is 16.3. The van der Waals surface area contributed by atoms with E-state index in [9.17, 15) is 13.2 Å². The van der Waals surface area contributed by atoms with Gasteiger partial charge < -0.3 is 14.5 Å². The molecule has 0 spiro atoms. The summed E-state index contributed by atoms with van der Waals surface area (Å²) < 4.78 is 32.2. The van der Waals surface area contributed by atoms with Crippen molar-refractivity contribution in [3.8, 4) is 5.75 Å². The highest BCUT2D eigenvalue weighted by Crippen LogP contribution is 2.29. The second kappa shape index (κ2) is 8.35. The fourth-order valence-corrected chi connectivity index (χ4v) is 4.07. The fourth-order valence-electron chi connectivity index (χ4n) is 2.56. The van der Waals surface area contributed by atoms with Gasteiger partial charge in [0.15, 0.2) is 0 Å². The molecule has 2 rings (SSSR count). The van der Waals surface area contributed by atoms with Gasteiger partial charge in [-0.1, -0.05) is 11.6 Å². The number of halogens is 1. The van der Waals surface area contributed by atoms with E-state index in [0.29, 0.717) is 24.7 Å². The number of hydrogen-bond donors (Lipinski definition) is 0. The number of rotatable bonds is 6. The van der Waals surface area contributed by atoms with Crippen LogP contribution in [0.25, 0.3) is 0 Å². The van der Waals surface area contributed by atoms with Crippen LogP contribution in [0.1, 0.15) is 6.92 Å². The van der Waals surface area contributed by atoms with E-state index >= 15 is 0 Å². The normalized spacial score (nSPS) is 16.3. The lowest BCUT2D eigenvalue weighted by molar-refractivity contribution is -0.132. The van der Waals surface area contributed by atoms with E-state index in [1.807, 2.05) is 7.05 Å². The Kier molecular flexibility index (Phi) is 6.67. The van der Waals surface area contributed by atoms with E-state index in [1.165, 1.54) is 19.2 Å². The first kappa shape index (κ1) is 20.0. The number of likely N-dealkylation sites (N-methyl/N-ethyl adjacent to an activating group) is 2. The number of nitrogens with zero attached hydrogens (tertiary/aromatic N) is 3. The van der Waals surface area contributed by atoms with Gasteiger partial charge in [-0.15, -0.1) is 0 Å². The van der Waals surface area contributed by atoms with Crippen LogP contribution in [0, 0.1) is 0 Å².